The maximum atomic E-state index is 12.8. The number of nitriles is 1. The fourth-order valence-corrected chi connectivity index (χ4v) is 4.34. The lowest BCUT2D eigenvalue weighted by atomic mass is 10.3. The zero-order valence-corrected chi connectivity index (χ0v) is 21.0. The van der Waals surface area contributed by atoms with Crippen LogP contribution in [0.25, 0.3) is 11.5 Å². The highest BCUT2D eigenvalue weighted by Crippen LogP contribution is 2.17. The predicted molar refractivity (Wildman–Crippen MR) is 140 cm³/mol. The molecule has 188 valence electrons. The van der Waals surface area contributed by atoms with Crippen LogP contribution in [0, 0.1) is 11.3 Å². The molecular formula is C26H29N5O4S. The fourth-order valence-electron chi connectivity index (χ4n) is 3.36. The van der Waals surface area contributed by atoms with Crippen molar-refractivity contribution in [3.05, 3.63) is 68.2 Å². The molecular weight excluding hydrogens is 478 g/mol. The van der Waals surface area contributed by atoms with Crippen molar-refractivity contribution in [2.45, 2.75) is 13.5 Å². The van der Waals surface area contributed by atoms with Crippen molar-refractivity contribution in [1.82, 2.24) is 14.8 Å². The van der Waals surface area contributed by atoms with Crippen molar-refractivity contribution in [3.63, 3.8) is 0 Å². The molecule has 1 saturated heterocycles. The van der Waals surface area contributed by atoms with Crippen molar-refractivity contribution in [1.29, 1.82) is 5.26 Å². The van der Waals surface area contributed by atoms with Gasteiger partial charge in [0.05, 0.1) is 13.2 Å². The number of carbonyl (C=O) groups excluding carboxylic acids is 1. The molecule has 1 aliphatic heterocycles. The number of nitrogens with one attached hydrogen (secondary N) is 2. The molecule has 2 aromatic rings. The number of hydrogen-bond donors (Lipinski definition) is 2. The van der Waals surface area contributed by atoms with Gasteiger partial charge >= 0.3 is 0 Å². The first-order chi connectivity index (χ1) is 17.5. The van der Waals surface area contributed by atoms with E-state index in [0.29, 0.717) is 22.3 Å². The van der Waals surface area contributed by atoms with Crippen LogP contribution in [0.5, 0.6) is 5.75 Å². The molecule has 1 aromatic heterocycles. The highest BCUT2D eigenvalue weighted by molar-refractivity contribution is 7.07. The second-order valence-corrected chi connectivity index (χ2v) is 8.66. The Bertz CT molecular complexity index is 1370. The third-order valence-corrected chi connectivity index (χ3v) is 6.25. The molecule has 1 aromatic carbocycles. The van der Waals surface area contributed by atoms with Crippen LogP contribution >= 0.6 is 11.3 Å². The maximum absolute atomic E-state index is 12.8. The number of ether oxygens (including phenoxy) is 2. The SMILES string of the molecule is C=CCNC(=O)C(=C=c1sc(=C=CNc2cccc(OCCN3CCOCC3)c2)c(=O)n1CC)C#N. The highest BCUT2D eigenvalue weighted by Gasteiger charge is 2.10. The third-order valence-electron chi connectivity index (χ3n) is 5.23. The molecule has 3 rings (SSSR count). The van der Waals surface area contributed by atoms with Crippen molar-refractivity contribution in [2.75, 3.05) is 51.3 Å². The summed E-state index contributed by atoms with van der Waals surface area (Å²) in [6, 6.07) is 9.37. The van der Waals surface area contributed by atoms with Crippen molar-refractivity contribution >= 4 is 34.4 Å². The van der Waals surface area contributed by atoms with Crippen LogP contribution in [-0.4, -0.2) is 61.4 Å². The Hall–Kier alpha value is -3.83. The predicted octanol–water partition coefficient (Wildman–Crippen LogP) is 0.777. The topological polar surface area (TPSA) is 109 Å². The van der Waals surface area contributed by atoms with Gasteiger partial charge in [-0.15, -0.1) is 6.58 Å². The quantitative estimate of drug-likeness (QED) is 0.278. The molecule has 9 nitrogen and oxygen atoms in total. The van der Waals surface area contributed by atoms with E-state index >= 15 is 0 Å². The summed E-state index contributed by atoms with van der Waals surface area (Å²) in [5.74, 6) is 0.169. The molecule has 1 fully saturated rings. The molecule has 0 saturated carbocycles. The number of benzene rings is 1. The zero-order valence-electron chi connectivity index (χ0n) is 20.2. The minimum atomic E-state index is -0.573. The molecule has 0 unspecified atom stereocenters. The Balaban J connectivity index is 1.77. The summed E-state index contributed by atoms with van der Waals surface area (Å²) in [4.78, 5) is 27.2. The highest BCUT2D eigenvalue weighted by atomic mass is 32.1. The lowest BCUT2D eigenvalue weighted by molar-refractivity contribution is -0.116. The fraction of sp³-hybridized carbons (Fsp3) is 0.346. The van der Waals surface area contributed by atoms with Crippen LogP contribution in [0.15, 0.2) is 53.5 Å². The number of thiazole rings is 1. The molecule has 0 spiro atoms. The van der Waals surface area contributed by atoms with E-state index in [0.717, 1.165) is 55.6 Å². The minimum absolute atomic E-state index is 0.209. The number of carbonyl (C=O) groups is 1. The van der Waals surface area contributed by atoms with E-state index < -0.39 is 5.91 Å². The first-order valence-electron chi connectivity index (χ1n) is 11.6. The second-order valence-electron chi connectivity index (χ2n) is 7.66. The van der Waals surface area contributed by atoms with Crippen LogP contribution in [-0.2, 0) is 16.1 Å². The first kappa shape index (κ1) is 26.8. The lowest BCUT2D eigenvalue weighted by Crippen LogP contribution is -2.38. The summed E-state index contributed by atoms with van der Waals surface area (Å²) in [6.45, 7) is 10.7. The first-order valence-corrected chi connectivity index (χ1v) is 12.4. The van der Waals surface area contributed by atoms with Gasteiger partial charge in [0.25, 0.3) is 11.5 Å². The van der Waals surface area contributed by atoms with E-state index in [1.807, 2.05) is 30.3 Å². The molecule has 10 heteroatoms. The Morgan fingerprint density at radius 1 is 1.36 bits per heavy atom. The van der Waals surface area contributed by atoms with Gasteiger partial charge in [0.2, 0.25) is 0 Å². The summed E-state index contributed by atoms with van der Waals surface area (Å²) in [7, 11) is 0. The summed E-state index contributed by atoms with van der Waals surface area (Å²) >= 11 is 1.11. The summed E-state index contributed by atoms with van der Waals surface area (Å²) < 4.78 is 13.4. The number of aromatic nitrogens is 1. The van der Waals surface area contributed by atoms with E-state index in [4.69, 9.17) is 9.47 Å². The van der Waals surface area contributed by atoms with Gasteiger partial charge in [-0.05, 0) is 19.1 Å². The van der Waals surface area contributed by atoms with E-state index in [-0.39, 0.29) is 17.7 Å². The lowest BCUT2D eigenvalue weighted by Gasteiger charge is -2.26. The molecule has 0 bridgehead atoms. The van der Waals surface area contributed by atoms with Gasteiger partial charge in [-0.2, -0.15) is 5.26 Å². The maximum Gasteiger partial charge on any atom is 0.277 e. The van der Waals surface area contributed by atoms with Gasteiger partial charge in [0, 0.05) is 50.7 Å². The van der Waals surface area contributed by atoms with Gasteiger partial charge < -0.3 is 20.1 Å². The molecule has 0 atom stereocenters. The molecule has 2 N–H and O–H groups in total. The van der Waals surface area contributed by atoms with Crippen molar-refractivity contribution in [3.8, 4) is 11.8 Å². The Kier molecular flexibility index (Phi) is 10.3. The molecule has 36 heavy (non-hydrogen) atoms. The smallest absolute Gasteiger partial charge is 0.277 e. The molecule has 0 aliphatic carbocycles. The number of nitrogens with zero attached hydrogens (tertiary/aromatic N) is 3. The Morgan fingerprint density at radius 3 is 2.89 bits per heavy atom. The van der Waals surface area contributed by atoms with Crippen LogP contribution in [0.1, 0.15) is 6.92 Å². The monoisotopic (exact) mass is 507 g/mol. The standard InChI is InChI=1S/C26H29N5O4S/c1-3-9-29-25(32)20(19-27)17-24-31(4-2)26(33)23(36-24)8-10-28-21-6-5-7-22(18-21)35-16-13-30-11-14-34-15-12-30/h3,5-7,10,18,28H,1,4,9,11-16H2,2H3,(H,29,32). The summed E-state index contributed by atoms with van der Waals surface area (Å²) in [6.07, 6.45) is 3.06. The average molecular weight is 508 g/mol. The number of hydrogen-bond acceptors (Lipinski definition) is 8. The van der Waals surface area contributed by atoms with E-state index in [1.54, 1.807) is 13.1 Å². The number of morpholine rings is 1. The van der Waals surface area contributed by atoms with Gasteiger partial charge in [-0.25, -0.2) is 0 Å². The van der Waals surface area contributed by atoms with Crippen molar-refractivity contribution < 1.29 is 14.3 Å². The number of rotatable bonds is 10. The minimum Gasteiger partial charge on any atom is -0.492 e. The van der Waals surface area contributed by atoms with Gasteiger partial charge in [-0.3, -0.25) is 19.1 Å². The van der Waals surface area contributed by atoms with E-state index in [9.17, 15) is 14.9 Å². The van der Waals surface area contributed by atoms with Crippen LogP contribution in [0.2, 0.25) is 0 Å². The zero-order chi connectivity index (χ0) is 25.8. The van der Waals surface area contributed by atoms with Gasteiger partial charge in [0.1, 0.15) is 27.6 Å². The van der Waals surface area contributed by atoms with Crippen LogP contribution in [0.4, 0.5) is 5.69 Å². The van der Waals surface area contributed by atoms with Crippen LogP contribution in [0.3, 0.4) is 0 Å². The largest absolute Gasteiger partial charge is 0.492 e. The normalized spacial score (nSPS) is 13.0. The van der Waals surface area contributed by atoms with Gasteiger partial charge in [0.15, 0.2) is 5.57 Å². The Labute approximate surface area is 213 Å². The van der Waals surface area contributed by atoms with E-state index in [1.165, 1.54) is 10.6 Å². The Morgan fingerprint density at radius 2 is 2.17 bits per heavy atom. The van der Waals surface area contributed by atoms with Crippen LogP contribution < -0.4 is 30.1 Å². The molecule has 2 heterocycles. The number of amides is 1. The van der Waals surface area contributed by atoms with Crippen molar-refractivity contribution in [2.24, 2.45) is 0 Å². The van der Waals surface area contributed by atoms with Gasteiger partial charge in [-0.1, -0.05) is 34.9 Å². The van der Waals surface area contributed by atoms with E-state index in [2.05, 4.69) is 33.6 Å². The molecule has 0 radical (unpaired) electrons. The second kappa shape index (κ2) is 13.9. The molecule has 1 aliphatic rings. The average Bonchev–Trinajstić information content (AvgIpc) is 3.20. The summed E-state index contributed by atoms with van der Waals surface area (Å²) in [5.41, 5.74) is 6.03. The molecule has 1 amide bonds. The third kappa shape index (κ3) is 7.59. The number of anilines is 1. The summed E-state index contributed by atoms with van der Waals surface area (Å²) in [5, 5.41) is 15.0.